The lowest BCUT2D eigenvalue weighted by atomic mass is 9.57. The Hall–Kier alpha value is -1.24. The lowest BCUT2D eigenvalue weighted by Crippen LogP contribution is -2.38. The molecule has 0 radical (unpaired) electrons. The molecule has 4 heteroatoms. The molecule has 0 aromatic rings. The third-order valence-electron chi connectivity index (χ3n) is 6.21. The number of isocyanates is 2. The molecule has 3 fully saturated rings. The van der Waals surface area contributed by atoms with E-state index in [1.165, 1.54) is 64.2 Å². The Morgan fingerprint density at radius 2 is 1.25 bits per heavy atom. The van der Waals surface area contributed by atoms with Crippen LogP contribution in [0.15, 0.2) is 9.98 Å². The molecule has 2 unspecified atom stereocenters. The maximum absolute atomic E-state index is 10.1. The maximum Gasteiger partial charge on any atom is 0.234 e. The van der Waals surface area contributed by atoms with E-state index in [0.717, 1.165) is 36.5 Å². The summed E-state index contributed by atoms with van der Waals surface area (Å²) in [6, 6.07) is 0. The van der Waals surface area contributed by atoms with E-state index in [1.807, 2.05) is 0 Å². The lowest BCUT2D eigenvalue weighted by Gasteiger charge is -2.48. The molecule has 2 atom stereocenters. The molecule has 3 rings (SSSR count). The number of unbranched alkanes of at least 4 members (excludes halogenated alkanes) is 4. The van der Waals surface area contributed by atoms with Crippen LogP contribution in [0.2, 0.25) is 0 Å². The first-order valence-electron chi connectivity index (χ1n) is 9.92. The van der Waals surface area contributed by atoms with Crippen molar-refractivity contribution in [1.29, 1.82) is 0 Å². The van der Waals surface area contributed by atoms with Crippen molar-refractivity contribution < 1.29 is 9.59 Å². The summed E-state index contributed by atoms with van der Waals surface area (Å²) >= 11 is 0. The minimum Gasteiger partial charge on any atom is -0.211 e. The number of carbonyl (C=O) groups excluding carboxylic acids is 2. The Bertz CT molecular complexity index is 415. The third-order valence-corrected chi connectivity index (χ3v) is 6.21. The van der Waals surface area contributed by atoms with Gasteiger partial charge in [-0.3, -0.25) is 0 Å². The predicted molar refractivity (Wildman–Crippen MR) is 95.3 cm³/mol. The van der Waals surface area contributed by atoms with Gasteiger partial charge in [-0.1, -0.05) is 44.9 Å². The molecule has 2 bridgehead atoms. The first-order valence-corrected chi connectivity index (χ1v) is 9.92. The second-order valence-electron chi connectivity index (χ2n) is 7.74. The van der Waals surface area contributed by atoms with Crippen LogP contribution in [0.1, 0.15) is 77.0 Å². The van der Waals surface area contributed by atoms with Crippen LogP contribution >= 0.6 is 0 Å². The standard InChI is InChI=1S/C20H32N2O2/c23-15-21-11-5-1-3-7-18-13-17-9-10-20(18)19(14-17)8-4-2-6-12-22-16-24/h17-20H,1-14H2. The van der Waals surface area contributed by atoms with E-state index in [2.05, 4.69) is 9.98 Å². The van der Waals surface area contributed by atoms with Gasteiger partial charge in [0.05, 0.1) is 13.1 Å². The van der Waals surface area contributed by atoms with Crippen LogP contribution in [0.5, 0.6) is 0 Å². The fourth-order valence-electron chi connectivity index (χ4n) is 5.13. The fraction of sp³-hybridized carbons (Fsp3) is 0.900. The number of fused-ring (bicyclic) bond motifs is 3. The van der Waals surface area contributed by atoms with Gasteiger partial charge >= 0.3 is 0 Å². The molecule has 3 saturated carbocycles. The largest absolute Gasteiger partial charge is 0.234 e. The highest BCUT2D eigenvalue weighted by molar-refractivity contribution is 5.32. The molecule has 3 aliphatic carbocycles. The molecule has 0 heterocycles. The highest BCUT2D eigenvalue weighted by atomic mass is 16.1. The highest BCUT2D eigenvalue weighted by Gasteiger charge is 2.40. The normalized spacial score (nSPS) is 28.2. The molecule has 4 nitrogen and oxygen atoms in total. The SMILES string of the molecule is O=C=NCCCCCC1CC2CCC1C(CCCCCN=C=O)C2. The Morgan fingerprint density at radius 1 is 0.708 bits per heavy atom. The second-order valence-corrected chi connectivity index (χ2v) is 7.74. The molecule has 3 aliphatic rings. The van der Waals surface area contributed by atoms with Crippen molar-refractivity contribution in [3.8, 4) is 0 Å². The van der Waals surface area contributed by atoms with E-state index in [9.17, 15) is 9.59 Å². The Kier molecular flexibility index (Phi) is 9.02. The summed E-state index contributed by atoms with van der Waals surface area (Å²) in [6.07, 6.45) is 18.8. The molecule has 0 saturated heterocycles. The number of nitrogens with zero attached hydrogens (tertiary/aromatic N) is 2. The van der Waals surface area contributed by atoms with E-state index >= 15 is 0 Å². The molecule has 0 amide bonds. The summed E-state index contributed by atoms with van der Waals surface area (Å²) in [4.78, 5) is 27.4. The van der Waals surface area contributed by atoms with Crippen LogP contribution in [-0.4, -0.2) is 25.2 Å². The number of hydrogen-bond donors (Lipinski definition) is 0. The van der Waals surface area contributed by atoms with Gasteiger partial charge in [-0.05, 0) is 55.8 Å². The molecule has 0 aromatic carbocycles. The number of aliphatic imine (C=N–C) groups is 2. The van der Waals surface area contributed by atoms with Crippen molar-refractivity contribution in [3.05, 3.63) is 0 Å². The van der Waals surface area contributed by atoms with Gasteiger partial charge in [-0.25, -0.2) is 19.6 Å². The average Bonchev–Trinajstić information content (AvgIpc) is 2.61. The van der Waals surface area contributed by atoms with E-state index < -0.39 is 0 Å². The molecule has 134 valence electrons. The molecular weight excluding hydrogens is 300 g/mol. The van der Waals surface area contributed by atoms with Gasteiger partial charge in [0.2, 0.25) is 12.2 Å². The first kappa shape index (κ1) is 19.1. The second kappa shape index (κ2) is 11.3. The molecule has 0 spiro atoms. The summed E-state index contributed by atoms with van der Waals surface area (Å²) < 4.78 is 0. The van der Waals surface area contributed by atoms with Crippen molar-refractivity contribution in [1.82, 2.24) is 0 Å². The van der Waals surface area contributed by atoms with Gasteiger partial charge in [-0.15, -0.1) is 0 Å². The topological polar surface area (TPSA) is 58.9 Å². The van der Waals surface area contributed by atoms with Crippen LogP contribution in [0.25, 0.3) is 0 Å². The van der Waals surface area contributed by atoms with Crippen LogP contribution in [0.4, 0.5) is 0 Å². The van der Waals surface area contributed by atoms with Crippen molar-refractivity contribution in [2.45, 2.75) is 77.0 Å². The quantitative estimate of drug-likeness (QED) is 0.292. The van der Waals surface area contributed by atoms with Crippen LogP contribution < -0.4 is 0 Å². The van der Waals surface area contributed by atoms with Crippen molar-refractivity contribution >= 4 is 12.2 Å². The minimum absolute atomic E-state index is 0.650. The number of hydrogen-bond acceptors (Lipinski definition) is 4. The summed E-state index contributed by atoms with van der Waals surface area (Å²) in [5.74, 6) is 3.81. The molecule has 0 aromatic heterocycles. The van der Waals surface area contributed by atoms with Gasteiger partial charge in [0.25, 0.3) is 0 Å². The highest BCUT2D eigenvalue weighted by Crippen LogP contribution is 2.51. The number of rotatable bonds is 12. The van der Waals surface area contributed by atoms with Crippen LogP contribution in [0, 0.1) is 23.7 Å². The third kappa shape index (κ3) is 6.34. The molecular formula is C20H32N2O2. The monoisotopic (exact) mass is 332 g/mol. The van der Waals surface area contributed by atoms with E-state index in [4.69, 9.17) is 0 Å². The summed E-state index contributed by atoms with van der Waals surface area (Å²) in [6.45, 7) is 1.30. The predicted octanol–water partition coefficient (Wildman–Crippen LogP) is 4.83. The van der Waals surface area contributed by atoms with E-state index in [1.54, 1.807) is 12.2 Å². The van der Waals surface area contributed by atoms with Gasteiger partial charge in [-0.2, -0.15) is 0 Å². The Balaban J connectivity index is 1.65. The van der Waals surface area contributed by atoms with Crippen LogP contribution in [0.3, 0.4) is 0 Å². The molecule has 24 heavy (non-hydrogen) atoms. The first-order chi connectivity index (χ1) is 11.8. The minimum atomic E-state index is 0.650. The van der Waals surface area contributed by atoms with Gasteiger partial charge in [0.1, 0.15) is 0 Å². The average molecular weight is 332 g/mol. The van der Waals surface area contributed by atoms with Gasteiger partial charge < -0.3 is 0 Å². The molecule has 0 aliphatic heterocycles. The zero-order valence-corrected chi connectivity index (χ0v) is 14.9. The summed E-state index contributed by atoms with van der Waals surface area (Å²) in [5.41, 5.74) is 0. The zero-order chi connectivity index (χ0) is 17.0. The zero-order valence-electron chi connectivity index (χ0n) is 14.9. The van der Waals surface area contributed by atoms with Crippen molar-refractivity contribution in [3.63, 3.8) is 0 Å². The van der Waals surface area contributed by atoms with Gasteiger partial charge in [0, 0.05) is 0 Å². The van der Waals surface area contributed by atoms with E-state index in [0.29, 0.717) is 13.1 Å². The summed E-state index contributed by atoms with van der Waals surface area (Å²) in [5, 5.41) is 0. The Morgan fingerprint density at radius 3 is 1.71 bits per heavy atom. The smallest absolute Gasteiger partial charge is 0.211 e. The molecule has 0 N–H and O–H groups in total. The lowest BCUT2D eigenvalue weighted by molar-refractivity contribution is 0.0252. The summed E-state index contributed by atoms with van der Waals surface area (Å²) in [7, 11) is 0. The van der Waals surface area contributed by atoms with Crippen molar-refractivity contribution in [2.75, 3.05) is 13.1 Å². The van der Waals surface area contributed by atoms with Crippen molar-refractivity contribution in [2.24, 2.45) is 33.7 Å². The van der Waals surface area contributed by atoms with E-state index in [-0.39, 0.29) is 0 Å². The maximum atomic E-state index is 10.1. The Labute approximate surface area is 146 Å². The van der Waals surface area contributed by atoms with Crippen LogP contribution in [-0.2, 0) is 9.59 Å². The fourth-order valence-corrected chi connectivity index (χ4v) is 5.13. The van der Waals surface area contributed by atoms with Gasteiger partial charge in [0.15, 0.2) is 0 Å².